The first-order chi connectivity index (χ1) is 14.6. The minimum Gasteiger partial charge on any atom is -0.362 e. The number of piperidine rings is 1. The van der Waals surface area contributed by atoms with Crippen LogP contribution in [0, 0.1) is 17.8 Å². The second-order valence-electron chi connectivity index (χ2n) is 9.70. The van der Waals surface area contributed by atoms with E-state index in [1.165, 1.54) is 25.7 Å². The molecule has 162 valence electrons. The molecule has 5 rings (SSSR count). The number of carbonyl (C=O) groups excluding carboxylic acids is 1. The van der Waals surface area contributed by atoms with Gasteiger partial charge in [-0.25, -0.2) is 4.99 Å². The summed E-state index contributed by atoms with van der Waals surface area (Å²) in [7, 11) is 0. The number of amidine groups is 1. The van der Waals surface area contributed by atoms with Gasteiger partial charge < -0.3 is 15.0 Å². The number of ether oxygens (including phenoxy) is 1. The Labute approximate surface area is 184 Å². The molecule has 1 saturated heterocycles. The Balaban J connectivity index is 1.12. The zero-order chi connectivity index (χ0) is 20.6. The van der Waals surface area contributed by atoms with Crippen molar-refractivity contribution in [1.82, 2.24) is 10.2 Å². The molecule has 2 heterocycles. The molecule has 2 aliphatic carbocycles. The molecule has 1 unspecified atom stereocenters. The summed E-state index contributed by atoms with van der Waals surface area (Å²) in [4.78, 5) is 19.1. The molecule has 4 atom stereocenters. The van der Waals surface area contributed by atoms with E-state index in [0.717, 1.165) is 54.9 Å². The lowest BCUT2D eigenvalue weighted by atomic mass is 9.91. The highest BCUT2D eigenvalue weighted by Gasteiger charge is 2.42. The van der Waals surface area contributed by atoms with Gasteiger partial charge in [0, 0.05) is 24.7 Å². The smallest absolute Gasteiger partial charge is 0.253 e. The summed E-state index contributed by atoms with van der Waals surface area (Å²) in [5.41, 5.74) is 0.793. The second-order valence-corrected chi connectivity index (χ2v) is 11.2. The van der Waals surface area contributed by atoms with Crippen LogP contribution in [-0.4, -0.2) is 46.8 Å². The molecule has 6 heteroatoms. The van der Waals surface area contributed by atoms with Crippen LogP contribution in [0.1, 0.15) is 62.2 Å². The molecule has 0 spiro atoms. The predicted octanol–water partition coefficient (Wildman–Crippen LogP) is 4.50. The highest BCUT2D eigenvalue weighted by molar-refractivity contribution is 8.14. The maximum atomic E-state index is 12.7. The molecule has 2 saturated carbocycles. The van der Waals surface area contributed by atoms with Crippen molar-refractivity contribution < 1.29 is 9.53 Å². The standard InChI is InChI=1S/C24H33N3O2S/c1-24(29-16-25-23(30-24)26-21-14-18-7-8-20(21)13-18)15-17-9-11-27(12-10-17)22(28)19-5-3-2-4-6-19/h2-6,17-18,20-21H,7-16H2,1H3,(H,25,26)/t18-,20+,21+,24?/m1/s1. The van der Waals surface area contributed by atoms with E-state index in [0.29, 0.717) is 18.7 Å². The lowest BCUT2D eigenvalue weighted by Gasteiger charge is -2.39. The molecule has 0 aromatic heterocycles. The zero-order valence-corrected chi connectivity index (χ0v) is 18.7. The van der Waals surface area contributed by atoms with Crippen molar-refractivity contribution in [3.8, 4) is 0 Å². The van der Waals surface area contributed by atoms with E-state index in [2.05, 4.69) is 17.2 Å². The molecule has 1 aromatic rings. The van der Waals surface area contributed by atoms with Gasteiger partial charge in [0.05, 0.1) is 0 Å². The summed E-state index contributed by atoms with van der Waals surface area (Å²) in [6.07, 6.45) is 8.64. The summed E-state index contributed by atoms with van der Waals surface area (Å²) in [5.74, 6) is 2.53. The third kappa shape index (κ3) is 4.40. The van der Waals surface area contributed by atoms with Gasteiger partial charge in [0.15, 0.2) is 5.17 Å². The summed E-state index contributed by atoms with van der Waals surface area (Å²) < 4.78 is 6.12. The van der Waals surface area contributed by atoms with E-state index in [1.54, 1.807) is 11.8 Å². The number of carbonyl (C=O) groups is 1. The predicted molar refractivity (Wildman–Crippen MR) is 121 cm³/mol. The molecule has 3 fully saturated rings. The molecule has 30 heavy (non-hydrogen) atoms. The van der Waals surface area contributed by atoms with Crippen LogP contribution in [0.25, 0.3) is 0 Å². The summed E-state index contributed by atoms with van der Waals surface area (Å²) >= 11 is 1.78. The number of thioether (sulfide) groups is 1. The van der Waals surface area contributed by atoms with Crippen LogP contribution < -0.4 is 5.32 Å². The SMILES string of the molecule is CC1(CC2CCN(C(=O)c3ccccc3)CC2)OCN=C(N[C@H]2C[C@@H]3CC[C@H]2C3)S1. The van der Waals surface area contributed by atoms with Crippen LogP contribution >= 0.6 is 11.8 Å². The van der Waals surface area contributed by atoms with Gasteiger partial charge in [0.25, 0.3) is 5.91 Å². The Kier molecular flexibility index (Phi) is 5.80. The quantitative estimate of drug-likeness (QED) is 0.769. The van der Waals surface area contributed by atoms with Gasteiger partial charge in [-0.3, -0.25) is 4.79 Å². The van der Waals surface area contributed by atoms with Crippen LogP contribution in [0.5, 0.6) is 0 Å². The lowest BCUT2D eigenvalue weighted by molar-refractivity contribution is 0.0160. The largest absolute Gasteiger partial charge is 0.362 e. The van der Waals surface area contributed by atoms with E-state index in [4.69, 9.17) is 4.74 Å². The zero-order valence-electron chi connectivity index (χ0n) is 17.9. The van der Waals surface area contributed by atoms with Crippen molar-refractivity contribution in [1.29, 1.82) is 0 Å². The minimum absolute atomic E-state index is 0.160. The average Bonchev–Trinajstić information content (AvgIpc) is 3.37. The molecular weight excluding hydrogens is 394 g/mol. The molecule has 0 radical (unpaired) electrons. The van der Waals surface area contributed by atoms with Crippen LogP contribution in [0.4, 0.5) is 0 Å². The molecule has 4 aliphatic rings. The number of rotatable bonds is 4. The maximum absolute atomic E-state index is 12.7. The van der Waals surface area contributed by atoms with Gasteiger partial charge >= 0.3 is 0 Å². The van der Waals surface area contributed by atoms with Gasteiger partial charge in [-0.05, 0) is 75.3 Å². The Bertz CT molecular complexity index is 793. The lowest BCUT2D eigenvalue weighted by Crippen LogP contribution is -2.44. The van der Waals surface area contributed by atoms with E-state index in [-0.39, 0.29) is 10.8 Å². The van der Waals surface area contributed by atoms with Crippen molar-refractivity contribution in [3.63, 3.8) is 0 Å². The molecule has 1 aromatic carbocycles. The molecular formula is C24H33N3O2S. The van der Waals surface area contributed by atoms with Gasteiger partial charge in [0.1, 0.15) is 11.7 Å². The van der Waals surface area contributed by atoms with Gasteiger partial charge in [0.2, 0.25) is 0 Å². The normalized spacial score (nSPS) is 34.1. The number of nitrogens with one attached hydrogen (secondary N) is 1. The Morgan fingerprint density at radius 3 is 2.70 bits per heavy atom. The minimum atomic E-state index is -0.224. The van der Waals surface area contributed by atoms with Crippen molar-refractivity contribution in [3.05, 3.63) is 35.9 Å². The number of benzene rings is 1. The van der Waals surface area contributed by atoms with Crippen LogP contribution in [0.3, 0.4) is 0 Å². The Morgan fingerprint density at radius 2 is 2.00 bits per heavy atom. The number of amides is 1. The maximum Gasteiger partial charge on any atom is 0.253 e. The number of fused-ring (bicyclic) bond motifs is 2. The van der Waals surface area contributed by atoms with Gasteiger partial charge in [-0.1, -0.05) is 36.4 Å². The van der Waals surface area contributed by atoms with Crippen LogP contribution in [0.15, 0.2) is 35.3 Å². The number of hydrogen-bond donors (Lipinski definition) is 1. The topological polar surface area (TPSA) is 53.9 Å². The van der Waals surface area contributed by atoms with Crippen molar-refractivity contribution in [2.75, 3.05) is 19.8 Å². The van der Waals surface area contributed by atoms with Gasteiger partial charge in [-0.15, -0.1) is 0 Å². The first-order valence-electron chi connectivity index (χ1n) is 11.6. The first-order valence-corrected chi connectivity index (χ1v) is 12.4. The molecule has 2 aliphatic heterocycles. The second kappa shape index (κ2) is 8.54. The van der Waals surface area contributed by atoms with E-state index >= 15 is 0 Å². The average molecular weight is 428 g/mol. The number of hydrogen-bond acceptors (Lipinski definition) is 5. The fourth-order valence-corrected chi connectivity index (χ4v) is 7.04. The number of aliphatic imine (C=N–C) groups is 1. The first kappa shape index (κ1) is 20.4. The fraction of sp³-hybridized carbons (Fsp3) is 0.667. The number of likely N-dealkylation sites (tertiary alicyclic amines) is 1. The number of nitrogens with zero attached hydrogens (tertiary/aromatic N) is 2. The monoisotopic (exact) mass is 427 g/mol. The summed E-state index contributed by atoms with van der Waals surface area (Å²) in [6, 6.07) is 10.3. The molecule has 5 nitrogen and oxygen atoms in total. The van der Waals surface area contributed by atoms with Crippen LogP contribution in [-0.2, 0) is 4.74 Å². The molecule has 1 amide bonds. The van der Waals surface area contributed by atoms with E-state index in [9.17, 15) is 4.79 Å². The van der Waals surface area contributed by atoms with E-state index < -0.39 is 0 Å². The van der Waals surface area contributed by atoms with E-state index in [1.807, 2.05) is 35.2 Å². The summed E-state index contributed by atoms with van der Waals surface area (Å²) in [5, 5.41) is 4.84. The van der Waals surface area contributed by atoms with Crippen molar-refractivity contribution >= 4 is 22.8 Å². The van der Waals surface area contributed by atoms with Gasteiger partial charge in [-0.2, -0.15) is 0 Å². The third-order valence-electron chi connectivity index (χ3n) is 7.52. The van der Waals surface area contributed by atoms with Crippen LogP contribution in [0.2, 0.25) is 0 Å². The van der Waals surface area contributed by atoms with Crippen molar-refractivity contribution in [2.24, 2.45) is 22.7 Å². The fourth-order valence-electron chi connectivity index (χ4n) is 5.88. The highest BCUT2D eigenvalue weighted by atomic mass is 32.2. The highest BCUT2D eigenvalue weighted by Crippen LogP contribution is 2.45. The summed E-state index contributed by atoms with van der Waals surface area (Å²) in [6.45, 7) is 4.35. The molecule has 1 N–H and O–H groups in total. The molecule has 2 bridgehead atoms. The van der Waals surface area contributed by atoms with Crippen molar-refractivity contribution in [2.45, 2.75) is 62.8 Å². The Hall–Kier alpha value is -1.53. The Morgan fingerprint density at radius 1 is 1.20 bits per heavy atom. The third-order valence-corrected chi connectivity index (χ3v) is 8.68.